The number of aryl methyl sites for hydroxylation is 2. The van der Waals surface area contributed by atoms with Gasteiger partial charge >= 0.3 is 29.6 Å². The van der Waals surface area contributed by atoms with Gasteiger partial charge in [-0.15, -0.1) is 28.8 Å². The van der Waals surface area contributed by atoms with Crippen molar-refractivity contribution in [2.45, 2.75) is 13.8 Å². The number of rotatable bonds is 3. The number of hydrogen-bond donors (Lipinski definition) is 0. The molecule has 0 saturated heterocycles. The molecule has 0 fully saturated rings. The van der Waals surface area contributed by atoms with E-state index in [1.807, 2.05) is 18.2 Å². The zero-order valence-electron chi connectivity index (χ0n) is 23.8. The summed E-state index contributed by atoms with van der Waals surface area (Å²) in [6.07, 6.45) is 0. The molecule has 0 saturated carbocycles. The molecule has 0 N–H and O–H groups in total. The van der Waals surface area contributed by atoms with Gasteiger partial charge in [0.05, 0.1) is 0 Å². The van der Waals surface area contributed by atoms with E-state index in [1.165, 1.54) is 54.9 Å². The van der Waals surface area contributed by atoms with E-state index in [9.17, 15) is 0 Å². The molecular weight excluding hydrogens is 503 g/mol. The maximum Gasteiger partial charge on any atom is 1.00 e. The fourth-order valence-electron chi connectivity index (χ4n) is 5.38. The topological polar surface area (TPSA) is 0 Å². The standard InChI is InChI=1S/C26H17.C14H12.Na/c1-3-11-19(12-4-1)25-21-15-7-9-17-23(21)26(20-13-5-2-6-14-20)24-18-10-8-16-22(24)25;1-11-5-3-7-13(9-11)14-8-4-6-12(2)10-14;/h1-5,7-18H;3-6,9-10H,1-2H3;/q-1;-2;+1. The van der Waals surface area contributed by atoms with E-state index in [-0.39, 0.29) is 29.6 Å². The molecule has 7 aromatic rings. The Morgan fingerprint density at radius 1 is 0.439 bits per heavy atom. The van der Waals surface area contributed by atoms with Crippen molar-refractivity contribution >= 4 is 21.5 Å². The fourth-order valence-corrected chi connectivity index (χ4v) is 5.38. The molecule has 0 nitrogen and oxygen atoms in total. The summed E-state index contributed by atoms with van der Waals surface area (Å²) < 4.78 is 0. The van der Waals surface area contributed by atoms with Crippen LogP contribution in [0, 0.1) is 32.0 Å². The molecule has 7 aromatic carbocycles. The van der Waals surface area contributed by atoms with E-state index in [0.717, 1.165) is 11.1 Å². The molecule has 0 amide bonds. The Labute approximate surface area is 265 Å². The normalized spacial score (nSPS) is 10.5. The van der Waals surface area contributed by atoms with Crippen LogP contribution in [0.5, 0.6) is 0 Å². The second-order valence-electron chi connectivity index (χ2n) is 10.1. The van der Waals surface area contributed by atoms with Crippen molar-refractivity contribution in [2.24, 2.45) is 0 Å². The van der Waals surface area contributed by atoms with Crippen molar-refractivity contribution in [1.82, 2.24) is 0 Å². The predicted octanol–water partition coefficient (Wildman–Crippen LogP) is 7.70. The van der Waals surface area contributed by atoms with Crippen LogP contribution in [0.3, 0.4) is 0 Å². The summed E-state index contributed by atoms with van der Waals surface area (Å²) in [5.74, 6) is 0. The Kier molecular flexibility index (Phi) is 9.17. The third-order valence-electron chi connectivity index (χ3n) is 7.19. The van der Waals surface area contributed by atoms with Crippen LogP contribution in [0.15, 0.2) is 140 Å². The van der Waals surface area contributed by atoms with E-state index < -0.39 is 0 Å². The van der Waals surface area contributed by atoms with Gasteiger partial charge in [-0.1, -0.05) is 98.3 Å². The smallest absolute Gasteiger partial charge is 0.226 e. The first-order valence-corrected chi connectivity index (χ1v) is 13.6. The van der Waals surface area contributed by atoms with Crippen LogP contribution in [-0.4, -0.2) is 0 Å². The molecule has 0 atom stereocenters. The molecule has 0 spiro atoms. The predicted molar refractivity (Wildman–Crippen MR) is 170 cm³/mol. The maximum atomic E-state index is 3.24. The molecule has 0 aliphatic heterocycles. The molecule has 0 aromatic heterocycles. The van der Waals surface area contributed by atoms with E-state index in [1.54, 1.807) is 0 Å². The summed E-state index contributed by atoms with van der Waals surface area (Å²) in [5, 5.41) is 5.14. The van der Waals surface area contributed by atoms with Crippen molar-refractivity contribution in [3.63, 3.8) is 0 Å². The Bertz CT molecular complexity index is 1710. The van der Waals surface area contributed by atoms with Gasteiger partial charge in [-0.2, -0.15) is 66.7 Å². The summed E-state index contributed by atoms with van der Waals surface area (Å²) in [4.78, 5) is 0. The molecule has 0 bridgehead atoms. The Morgan fingerprint density at radius 2 is 0.878 bits per heavy atom. The monoisotopic (exact) mass is 532 g/mol. The van der Waals surface area contributed by atoms with Gasteiger partial charge < -0.3 is 0 Å². The minimum absolute atomic E-state index is 0. The first-order valence-electron chi connectivity index (χ1n) is 13.6. The second-order valence-corrected chi connectivity index (χ2v) is 10.1. The first kappa shape index (κ1) is 28.6. The van der Waals surface area contributed by atoms with E-state index in [4.69, 9.17) is 0 Å². The molecule has 192 valence electrons. The minimum Gasteiger partial charge on any atom is -0.226 e. The van der Waals surface area contributed by atoms with Crippen molar-refractivity contribution < 1.29 is 29.6 Å². The summed E-state index contributed by atoms with van der Waals surface area (Å²) in [7, 11) is 0. The molecule has 0 heterocycles. The molecular formula is C40H29Na-2. The van der Waals surface area contributed by atoms with Gasteiger partial charge in [-0.25, -0.2) is 11.1 Å². The molecule has 0 radical (unpaired) electrons. The van der Waals surface area contributed by atoms with Gasteiger partial charge in [-0.3, -0.25) is 0 Å². The molecule has 1 heteroatoms. The molecule has 0 aliphatic rings. The van der Waals surface area contributed by atoms with E-state index in [2.05, 4.69) is 153 Å². The average molecular weight is 533 g/mol. The summed E-state index contributed by atoms with van der Waals surface area (Å²) in [6.45, 7) is 4.18. The minimum atomic E-state index is 0. The van der Waals surface area contributed by atoms with Gasteiger partial charge in [0.25, 0.3) is 0 Å². The third-order valence-corrected chi connectivity index (χ3v) is 7.19. The van der Waals surface area contributed by atoms with Gasteiger partial charge in [0.1, 0.15) is 0 Å². The molecule has 0 unspecified atom stereocenters. The molecule has 7 rings (SSSR count). The van der Waals surface area contributed by atoms with Gasteiger partial charge in [0.15, 0.2) is 0 Å². The summed E-state index contributed by atoms with van der Waals surface area (Å²) >= 11 is 0. The average Bonchev–Trinajstić information content (AvgIpc) is 3.01. The van der Waals surface area contributed by atoms with Crippen molar-refractivity contribution in [2.75, 3.05) is 0 Å². The van der Waals surface area contributed by atoms with Crippen LogP contribution in [-0.2, 0) is 0 Å². The second kappa shape index (κ2) is 13.1. The fraction of sp³-hybridized carbons (Fsp3) is 0.0500. The van der Waals surface area contributed by atoms with E-state index in [0.29, 0.717) is 0 Å². The van der Waals surface area contributed by atoms with Crippen molar-refractivity contribution in [3.8, 4) is 33.4 Å². The number of hydrogen-bond acceptors (Lipinski definition) is 0. The SMILES string of the molecule is Cc1cc[c-]c(-c2[c-]ccc(C)c2)c1.[Na+].[c-]1cccc(-c2c3ccccc3c(-c3ccccc3)c3ccccc23)c1. The van der Waals surface area contributed by atoms with Crippen LogP contribution in [0.1, 0.15) is 11.1 Å². The van der Waals surface area contributed by atoms with Crippen LogP contribution in [0.4, 0.5) is 0 Å². The summed E-state index contributed by atoms with van der Waals surface area (Å²) in [6, 6.07) is 58.4. The van der Waals surface area contributed by atoms with Gasteiger partial charge in [0, 0.05) is 0 Å². The van der Waals surface area contributed by atoms with Crippen molar-refractivity contribution in [3.05, 3.63) is 169 Å². The molecule has 41 heavy (non-hydrogen) atoms. The zero-order chi connectivity index (χ0) is 27.3. The summed E-state index contributed by atoms with van der Waals surface area (Å²) in [5.41, 5.74) is 9.81. The Morgan fingerprint density at radius 3 is 1.32 bits per heavy atom. The van der Waals surface area contributed by atoms with Crippen LogP contribution >= 0.6 is 0 Å². The third kappa shape index (κ3) is 6.21. The Balaban J connectivity index is 0.000000192. The largest absolute Gasteiger partial charge is 1.00 e. The maximum absolute atomic E-state index is 3.24. The number of fused-ring (bicyclic) bond motifs is 2. The van der Waals surface area contributed by atoms with Gasteiger partial charge in [0.2, 0.25) is 0 Å². The zero-order valence-corrected chi connectivity index (χ0v) is 25.8. The Hall–Kier alpha value is -3.94. The van der Waals surface area contributed by atoms with Crippen LogP contribution in [0.2, 0.25) is 0 Å². The molecule has 0 aliphatic carbocycles. The number of benzene rings is 7. The first-order chi connectivity index (χ1) is 19.7. The van der Waals surface area contributed by atoms with Gasteiger partial charge in [-0.05, 0) is 32.7 Å². The van der Waals surface area contributed by atoms with Crippen LogP contribution in [0.25, 0.3) is 54.9 Å². The van der Waals surface area contributed by atoms with Crippen LogP contribution < -0.4 is 29.6 Å². The quantitative estimate of drug-likeness (QED) is 0.124. The van der Waals surface area contributed by atoms with Crippen molar-refractivity contribution in [1.29, 1.82) is 0 Å². The van der Waals surface area contributed by atoms with E-state index >= 15 is 0 Å².